The van der Waals surface area contributed by atoms with Crippen molar-refractivity contribution in [1.82, 2.24) is 10.3 Å². The number of nitrogens with zero attached hydrogens (tertiary/aromatic N) is 2. The van der Waals surface area contributed by atoms with E-state index in [0.29, 0.717) is 5.69 Å². The number of rotatable bonds is 1. The molecule has 1 aliphatic rings. The molecule has 0 unspecified atom stereocenters. The van der Waals surface area contributed by atoms with Crippen LogP contribution in [0.1, 0.15) is 37.8 Å². The van der Waals surface area contributed by atoms with Crippen molar-refractivity contribution < 1.29 is 0 Å². The Kier molecular flexibility index (Phi) is 6.20. The molecule has 0 amide bonds. The highest BCUT2D eigenvalue weighted by molar-refractivity contribution is 5.18. The Morgan fingerprint density at radius 2 is 2.06 bits per heavy atom. The molecule has 1 aromatic heterocycles. The topological polar surface area (TPSA) is 48.7 Å². The number of aromatic nitrogens is 1. The Morgan fingerprint density at radius 1 is 1.31 bits per heavy atom. The zero-order chi connectivity index (χ0) is 11.6. The molecule has 0 saturated heterocycles. The van der Waals surface area contributed by atoms with E-state index in [-0.39, 0.29) is 0 Å². The number of hydrogen-bond acceptors (Lipinski definition) is 3. The Bertz CT molecular complexity index is 310. The normalized spacial score (nSPS) is 15.8. The van der Waals surface area contributed by atoms with Crippen LogP contribution in [0, 0.1) is 11.3 Å². The summed E-state index contributed by atoms with van der Waals surface area (Å²) in [6, 6.07) is 7.98. The molecule has 0 atom stereocenters. The van der Waals surface area contributed by atoms with Gasteiger partial charge in [0, 0.05) is 12.2 Å². The van der Waals surface area contributed by atoms with Crippen LogP contribution in [0.2, 0.25) is 0 Å². The highest BCUT2D eigenvalue weighted by atomic mass is 14.9. The average molecular weight is 217 g/mol. The SMILES string of the molecule is CNC1CCCCC1.N#Cc1ccccn1. The lowest BCUT2D eigenvalue weighted by Crippen LogP contribution is -2.26. The molecule has 0 spiro atoms. The first-order chi connectivity index (χ1) is 7.86. The number of nitriles is 1. The molecular weight excluding hydrogens is 198 g/mol. The largest absolute Gasteiger partial charge is 0.317 e. The Hall–Kier alpha value is -1.40. The third kappa shape index (κ3) is 4.90. The van der Waals surface area contributed by atoms with Crippen LogP contribution in [0.25, 0.3) is 0 Å². The van der Waals surface area contributed by atoms with Crippen molar-refractivity contribution in [1.29, 1.82) is 5.26 Å². The van der Waals surface area contributed by atoms with Gasteiger partial charge in [0.15, 0.2) is 0 Å². The average Bonchev–Trinajstić information content (AvgIpc) is 2.41. The first-order valence-corrected chi connectivity index (χ1v) is 5.85. The molecule has 2 rings (SSSR count). The van der Waals surface area contributed by atoms with Crippen molar-refractivity contribution >= 4 is 0 Å². The van der Waals surface area contributed by atoms with E-state index in [1.54, 1.807) is 24.4 Å². The van der Waals surface area contributed by atoms with Crippen molar-refractivity contribution in [2.75, 3.05) is 7.05 Å². The van der Waals surface area contributed by atoms with E-state index in [1.807, 2.05) is 6.07 Å². The Morgan fingerprint density at radius 3 is 2.44 bits per heavy atom. The van der Waals surface area contributed by atoms with Crippen molar-refractivity contribution in [2.24, 2.45) is 0 Å². The van der Waals surface area contributed by atoms with Crippen LogP contribution in [-0.4, -0.2) is 18.1 Å². The minimum Gasteiger partial charge on any atom is -0.317 e. The van der Waals surface area contributed by atoms with Crippen LogP contribution < -0.4 is 5.32 Å². The van der Waals surface area contributed by atoms with Gasteiger partial charge in [-0.25, -0.2) is 4.98 Å². The van der Waals surface area contributed by atoms with Crippen LogP contribution >= 0.6 is 0 Å². The molecule has 1 aliphatic carbocycles. The van der Waals surface area contributed by atoms with Crippen LogP contribution in [-0.2, 0) is 0 Å². The standard InChI is InChI=1S/C7H15N.C6H4N2/c1-8-7-5-3-2-4-6-7;7-5-6-3-1-2-4-8-6/h7-8H,2-6H2,1H3;1-4H. The predicted octanol–water partition coefficient (Wildman–Crippen LogP) is 2.49. The van der Waals surface area contributed by atoms with E-state index < -0.39 is 0 Å². The molecule has 0 bridgehead atoms. The van der Waals surface area contributed by atoms with E-state index in [0.717, 1.165) is 6.04 Å². The maximum Gasteiger partial charge on any atom is 0.140 e. The summed E-state index contributed by atoms with van der Waals surface area (Å²) in [5.74, 6) is 0. The minimum absolute atomic E-state index is 0.465. The van der Waals surface area contributed by atoms with Gasteiger partial charge in [-0.15, -0.1) is 0 Å². The third-order valence-electron chi connectivity index (χ3n) is 2.79. The minimum atomic E-state index is 0.465. The summed E-state index contributed by atoms with van der Waals surface area (Å²) in [7, 11) is 2.07. The van der Waals surface area contributed by atoms with Gasteiger partial charge in [-0.1, -0.05) is 25.3 Å². The van der Waals surface area contributed by atoms with Crippen LogP contribution in [0.5, 0.6) is 0 Å². The van der Waals surface area contributed by atoms with E-state index in [9.17, 15) is 0 Å². The van der Waals surface area contributed by atoms with Gasteiger partial charge in [-0.2, -0.15) is 5.26 Å². The highest BCUT2D eigenvalue weighted by Crippen LogP contribution is 2.16. The molecule has 86 valence electrons. The zero-order valence-electron chi connectivity index (χ0n) is 9.82. The van der Waals surface area contributed by atoms with Crippen molar-refractivity contribution in [2.45, 2.75) is 38.1 Å². The van der Waals surface area contributed by atoms with E-state index in [2.05, 4.69) is 17.3 Å². The van der Waals surface area contributed by atoms with Gasteiger partial charge in [-0.05, 0) is 32.0 Å². The molecule has 1 saturated carbocycles. The lowest BCUT2D eigenvalue weighted by Gasteiger charge is -2.20. The zero-order valence-corrected chi connectivity index (χ0v) is 9.82. The maximum absolute atomic E-state index is 8.23. The summed E-state index contributed by atoms with van der Waals surface area (Å²) in [5, 5.41) is 11.5. The number of hydrogen-bond donors (Lipinski definition) is 1. The van der Waals surface area contributed by atoms with E-state index in [4.69, 9.17) is 5.26 Å². The second-order valence-corrected chi connectivity index (χ2v) is 3.95. The van der Waals surface area contributed by atoms with Crippen LogP contribution in [0.4, 0.5) is 0 Å². The molecule has 0 aromatic carbocycles. The fourth-order valence-corrected chi connectivity index (χ4v) is 1.82. The van der Waals surface area contributed by atoms with Crippen LogP contribution in [0.3, 0.4) is 0 Å². The molecule has 1 N–H and O–H groups in total. The summed E-state index contributed by atoms with van der Waals surface area (Å²) in [6.07, 6.45) is 8.72. The number of pyridine rings is 1. The highest BCUT2D eigenvalue weighted by Gasteiger charge is 2.09. The van der Waals surface area contributed by atoms with Gasteiger partial charge in [0.25, 0.3) is 0 Å². The molecule has 3 heteroatoms. The van der Waals surface area contributed by atoms with Gasteiger partial charge in [0.2, 0.25) is 0 Å². The lowest BCUT2D eigenvalue weighted by atomic mass is 9.96. The van der Waals surface area contributed by atoms with Crippen molar-refractivity contribution in [3.8, 4) is 6.07 Å². The molecule has 3 nitrogen and oxygen atoms in total. The molecule has 0 aliphatic heterocycles. The van der Waals surface area contributed by atoms with E-state index >= 15 is 0 Å². The summed E-state index contributed by atoms with van der Waals surface area (Å²) in [4.78, 5) is 3.74. The first-order valence-electron chi connectivity index (χ1n) is 5.85. The smallest absolute Gasteiger partial charge is 0.140 e. The quantitative estimate of drug-likeness (QED) is 0.786. The van der Waals surface area contributed by atoms with Crippen molar-refractivity contribution in [3.05, 3.63) is 30.1 Å². The Balaban J connectivity index is 0.000000160. The monoisotopic (exact) mass is 217 g/mol. The maximum atomic E-state index is 8.23. The fourth-order valence-electron chi connectivity index (χ4n) is 1.82. The number of nitrogens with one attached hydrogen (secondary N) is 1. The van der Waals surface area contributed by atoms with Gasteiger partial charge >= 0.3 is 0 Å². The molecule has 1 aromatic rings. The molecule has 1 fully saturated rings. The van der Waals surface area contributed by atoms with Crippen LogP contribution in [0.15, 0.2) is 24.4 Å². The van der Waals surface area contributed by atoms with E-state index in [1.165, 1.54) is 32.1 Å². The molecule has 16 heavy (non-hydrogen) atoms. The molecule has 1 heterocycles. The first kappa shape index (κ1) is 12.7. The van der Waals surface area contributed by atoms with Gasteiger partial charge in [-0.3, -0.25) is 0 Å². The predicted molar refractivity (Wildman–Crippen MR) is 64.9 cm³/mol. The van der Waals surface area contributed by atoms with Gasteiger partial charge in [0.05, 0.1) is 0 Å². The van der Waals surface area contributed by atoms with Gasteiger partial charge in [0.1, 0.15) is 11.8 Å². The Labute approximate surface area is 97.5 Å². The fraction of sp³-hybridized carbons (Fsp3) is 0.538. The summed E-state index contributed by atoms with van der Waals surface area (Å²) in [5.41, 5.74) is 0.465. The third-order valence-corrected chi connectivity index (χ3v) is 2.79. The van der Waals surface area contributed by atoms with Crippen molar-refractivity contribution in [3.63, 3.8) is 0 Å². The molecule has 0 radical (unpaired) electrons. The van der Waals surface area contributed by atoms with Gasteiger partial charge < -0.3 is 5.32 Å². The second kappa shape index (κ2) is 7.84. The summed E-state index contributed by atoms with van der Waals surface area (Å²) < 4.78 is 0. The second-order valence-electron chi connectivity index (χ2n) is 3.95. The molecular formula is C13H19N3. The summed E-state index contributed by atoms with van der Waals surface area (Å²) in [6.45, 7) is 0. The summed E-state index contributed by atoms with van der Waals surface area (Å²) >= 11 is 0. The lowest BCUT2D eigenvalue weighted by molar-refractivity contribution is 0.394.